The Balaban J connectivity index is 2.98. The lowest BCUT2D eigenvalue weighted by Gasteiger charge is -2.21. The van der Waals surface area contributed by atoms with Crippen LogP contribution < -0.4 is 14.8 Å². The van der Waals surface area contributed by atoms with Crippen LogP contribution in [-0.4, -0.2) is 18.8 Å². The number of hydrogen-bond acceptors (Lipinski definition) is 3. The van der Waals surface area contributed by atoms with Crippen LogP contribution in [0.5, 0.6) is 11.5 Å². The third-order valence-corrected chi connectivity index (χ3v) is 3.26. The molecule has 0 fully saturated rings. The molecule has 114 valence electrons. The fraction of sp³-hybridized carbons (Fsp3) is 0.647. The molecule has 0 aliphatic carbocycles. The van der Waals surface area contributed by atoms with Crippen LogP contribution in [0.1, 0.15) is 53.0 Å². The van der Waals surface area contributed by atoms with Crippen molar-refractivity contribution in [3.63, 3.8) is 0 Å². The number of hydrogen-bond donors (Lipinski definition) is 1. The Morgan fingerprint density at radius 2 is 1.80 bits per heavy atom. The molecule has 0 bridgehead atoms. The summed E-state index contributed by atoms with van der Waals surface area (Å²) in [6.45, 7) is 12.1. The van der Waals surface area contributed by atoms with Gasteiger partial charge in [0, 0.05) is 18.2 Å². The Kier molecular flexibility index (Phi) is 7.45. The molecule has 0 aliphatic heterocycles. The number of para-hydroxylation sites is 1. The Bertz CT molecular complexity index is 387. The lowest BCUT2D eigenvalue weighted by atomic mass is 10.1. The van der Waals surface area contributed by atoms with Crippen LogP contribution in [0.4, 0.5) is 0 Å². The van der Waals surface area contributed by atoms with E-state index in [1.165, 1.54) is 0 Å². The van der Waals surface area contributed by atoms with Crippen molar-refractivity contribution in [2.75, 3.05) is 6.61 Å². The Morgan fingerprint density at radius 1 is 1.10 bits per heavy atom. The summed E-state index contributed by atoms with van der Waals surface area (Å²) in [6, 6.07) is 6.57. The maximum atomic E-state index is 6.19. The van der Waals surface area contributed by atoms with E-state index in [1.54, 1.807) is 0 Å². The van der Waals surface area contributed by atoms with Crippen LogP contribution in [0, 0.1) is 0 Å². The molecule has 0 spiro atoms. The van der Waals surface area contributed by atoms with Crippen LogP contribution in [0.15, 0.2) is 18.2 Å². The fourth-order valence-electron chi connectivity index (χ4n) is 2.04. The van der Waals surface area contributed by atoms with Crippen molar-refractivity contribution in [3.05, 3.63) is 23.8 Å². The second-order valence-corrected chi connectivity index (χ2v) is 5.27. The van der Waals surface area contributed by atoms with E-state index in [9.17, 15) is 0 Å². The first kappa shape index (κ1) is 16.8. The molecule has 0 unspecified atom stereocenters. The zero-order chi connectivity index (χ0) is 15.0. The molecule has 3 nitrogen and oxygen atoms in total. The number of ether oxygens (including phenoxy) is 2. The Morgan fingerprint density at radius 3 is 2.35 bits per heavy atom. The van der Waals surface area contributed by atoms with Gasteiger partial charge < -0.3 is 14.8 Å². The lowest BCUT2D eigenvalue weighted by molar-refractivity contribution is 0.179. The predicted octanol–water partition coefficient (Wildman–Crippen LogP) is 4.15. The van der Waals surface area contributed by atoms with E-state index in [2.05, 4.69) is 39.1 Å². The topological polar surface area (TPSA) is 30.5 Å². The first-order chi connectivity index (χ1) is 9.62. The highest BCUT2D eigenvalue weighted by Gasteiger charge is 2.15. The molecule has 3 heteroatoms. The van der Waals surface area contributed by atoms with Gasteiger partial charge in [-0.15, -0.1) is 0 Å². The van der Waals surface area contributed by atoms with Gasteiger partial charge in [0.2, 0.25) is 0 Å². The summed E-state index contributed by atoms with van der Waals surface area (Å²) in [4.78, 5) is 0. The third-order valence-electron chi connectivity index (χ3n) is 3.26. The van der Waals surface area contributed by atoms with E-state index >= 15 is 0 Å². The molecule has 0 radical (unpaired) electrons. The third kappa shape index (κ3) is 5.04. The maximum Gasteiger partial charge on any atom is 0.166 e. The quantitative estimate of drug-likeness (QED) is 0.736. The molecule has 1 rings (SSSR count). The predicted molar refractivity (Wildman–Crippen MR) is 84.6 cm³/mol. The van der Waals surface area contributed by atoms with Gasteiger partial charge in [0.15, 0.2) is 11.5 Å². The minimum Gasteiger partial charge on any atom is -0.490 e. The molecular formula is C17H29NO2. The highest BCUT2D eigenvalue weighted by Crippen LogP contribution is 2.33. The highest BCUT2D eigenvalue weighted by molar-refractivity contribution is 5.46. The van der Waals surface area contributed by atoms with Crippen molar-refractivity contribution >= 4 is 0 Å². The van der Waals surface area contributed by atoms with Crippen LogP contribution in [-0.2, 0) is 6.54 Å². The van der Waals surface area contributed by atoms with Gasteiger partial charge in [0.05, 0.1) is 12.7 Å². The zero-order valence-corrected chi connectivity index (χ0v) is 13.5. The minimum absolute atomic E-state index is 0.245. The van der Waals surface area contributed by atoms with E-state index in [1.807, 2.05) is 19.1 Å². The van der Waals surface area contributed by atoms with Crippen molar-refractivity contribution in [3.8, 4) is 11.5 Å². The second-order valence-electron chi connectivity index (χ2n) is 5.27. The summed E-state index contributed by atoms with van der Waals surface area (Å²) in [5.41, 5.74) is 1.16. The van der Waals surface area contributed by atoms with Crippen molar-refractivity contribution < 1.29 is 9.47 Å². The molecule has 0 aliphatic rings. The molecule has 1 N–H and O–H groups in total. The summed E-state index contributed by atoms with van der Waals surface area (Å²) in [7, 11) is 0. The van der Waals surface area contributed by atoms with Gasteiger partial charge in [-0.25, -0.2) is 0 Å². The van der Waals surface area contributed by atoms with Gasteiger partial charge in [-0.3, -0.25) is 0 Å². The molecule has 0 amide bonds. The van der Waals surface area contributed by atoms with Crippen LogP contribution in [0.3, 0.4) is 0 Å². The average Bonchev–Trinajstić information content (AvgIpc) is 2.44. The molecule has 1 aromatic rings. The van der Waals surface area contributed by atoms with Gasteiger partial charge in [0.25, 0.3) is 0 Å². The van der Waals surface area contributed by atoms with Crippen LogP contribution in [0.25, 0.3) is 0 Å². The van der Waals surface area contributed by atoms with Crippen molar-refractivity contribution in [2.24, 2.45) is 0 Å². The molecule has 20 heavy (non-hydrogen) atoms. The van der Waals surface area contributed by atoms with E-state index in [0.717, 1.165) is 36.4 Å². The molecule has 0 saturated carbocycles. The van der Waals surface area contributed by atoms with E-state index in [-0.39, 0.29) is 6.10 Å². The average molecular weight is 279 g/mol. The Hall–Kier alpha value is -1.22. The summed E-state index contributed by atoms with van der Waals surface area (Å²) in [5.74, 6) is 1.75. The summed E-state index contributed by atoms with van der Waals surface area (Å²) in [6.07, 6.45) is 2.26. The van der Waals surface area contributed by atoms with E-state index in [0.29, 0.717) is 12.6 Å². The monoisotopic (exact) mass is 279 g/mol. The van der Waals surface area contributed by atoms with Crippen LogP contribution in [0.2, 0.25) is 0 Å². The molecular weight excluding hydrogens is 250 g/mol. The summed E-state index contributed by atoms with van der Waals surface area (Å²) >= 11 is 0. The second kappa shape index (κ2) is 8.85. The van der Waals surface area contributed by atoms with Crippen molar-refractivity contribution in [1.82, 2.24) is 5.32 Å². The molecule has 0 saturated heterocycles. The standard InChI is InChI=1S/C17H29NO2/c1-6-15(7-2)20-17-14(12-18-13(4)5)10-9-11-16(17)19-8-3/h9-11,13,15,18H,6-8,12H2,1-5H3. The molecule has 1 aromatic carbocycles. The maximum absolute atomic E-state index is 6.19. The smallest absolute Gasteiger partial charge is 0.166 e. The van der Waals surface area contributed by atoms with Gasteiger partial charge in [-0.2, -0.15) is 0 Å². The number of nitrogens with one attached hydrogen (secondary N) is 1. The largest absolute Gasteiger partial charge is 0.490 e. The van der Waals surface area contributed by atoms with Crippen molar-refractivity contribution in [1.29, 1.82) is 0 Å². The van der Waals surface area contributed by atoms with Gasteiger partial charge in [-0.05, 0) is 25.8 Å². The molecule has 0 atom stereocenters. The highest BCUT2D eigenvalue weighted by atomic mass is 16.5. The van der Waals surface area contributed by atoms with Gasteiger partial charge in [-0.1, -0.05) is 39.8 Å². The fourth-order valence-corrected chi connectivity index (χ4v) is 2.04. The normalized spacial score (nSPS) is 11.2. The SMILES string of the molecule is CCOc1cccc(CNC(C)C)c1OC(CC)CC. The number of benzene rings is 1. The summed E-state index contributed by atoms with van der Waals surface area (Å²) < 4.78 is 11.9. The first-order valence-corrected chi connectivity index (χ1v) is 7.76. The van der Waals surface area contributed by atoms with Gasteiger partial charge in [0.1, 0.15) is 0 Å². The molecule has 0 aromatic heterocycles. The first-order valence-electron chi connectivity index (χ1n) is 7.76. The number of rotatable bonds is 9. The minimum atomic E-state index is 0.245. The lowest BCUT2D eigenvalue weighted by Crippen LogP contribution is -2.23. The van der Waals surface area contributed by atoms with Gasteiger partial charge >= 0.3 is 0 Å². The van der Waals surface area contributed by atoms with E-state index < -0.39 is 0 Å². The zero-order valence-electron chi connectivity index (χ0n) is 13.5. The Labute approximate surface area is 123 Å². The van der Waals surface area contributed by atoms with E-state index in [4.69, 9.17) is 9.47 Å². The summed E-state index contributed by atoms with van der Waals surface area (Å²) in [5, 5.41) is 3.45. The van der Waals surface area contributed by atoms with Crippen LogP contribution >= 0.6 is 0 Å². The van der Waals surface area contributed by atoms with Crippen molar-refractivity contribution in [2.45, 2.75) is 66.2 Å². The molecule has 0 heterocycles.